The molecule has 0 saturated carbocycles. The SMILES string of the molecule is COc1c(C)cc(CN(C)Cc2ccccc2[N+](=O)[O-])cc1C. The van der Waals surface area contributed by atoms with Gasteiger partial charge in [0.2, 0.25) is 0 Å². The van der Waals surface area contributed by atoms with Crippen LogP contribution < -0.4 is 4.74 Å². The van der Waals surface area contributed by atoms with Crippen LogP contribution in [-0.4, -0.2) is 24.0 Å². The predicted octanol–water partition coefficient (Wildman–Crippen LogP) is 3.85. The van der Waals surface area contributed by atoms with E-state index in [1.54, 1.807) is 25.3 Å². The van der Waals surface area contributed by atoms with E-state index < -0.39 is 0 Å². The van der Waals surface area contributed by atoms with Gasteiger partial charge in [0, 0.05) is 24.7 Å². The largest absolute Gasteiger partial charge is 0.496 e. The number of aryl methyl sites for hydroxylation is 2. The molecule has 5 heteroatoms. The molecule has 0 fully saturated rings. The molecule has 0 amide bonds. The summed E-state index contributed by atoms with van der Waals surface area (Å²) in [6.45, 7) is 5.30. The fourth-order valence-electron chi connectivity index (χ4n) is 2.93. The highest BCUT2D eigenvalue weighted by molar-refractivity contribution is 5.43. The Labute approximate surface area is 136 Å². The second-order valence-electron chi connectivity index (χ2n) is 5.82. The molecule has 0 bridgehead atoms. The zero-order valence-corrected chi connectivity index (χ0v) is 14.0. The van der Waals surface area contributed by atoms with E-state index in [0.29, 0.717) is 6.54 Å². The molecule has 2 aromatic rings. The van der Waals surface area contributed by atoms with Crippen LogP contribution in [0.15, 0.2) is 36.4 Å². The number of benzene rings is 2. The molecule has 0 radical (unpaired) electrons. The van der Waals surface area contributed by atoms with Gasteiger partial charge in [0.1, 0.15) is 5.75 Å². The van der Waals surface area contributed by atoms with Gasteiger partial charge >= 0.3 is 0 Å². The van der Waals surface area contributed by atoms with Crippen molar-refractivity contribution in [2.24, 2.45) is 0 Å². The van der Waals surface area contributed by atoms with Crippen molar-refractivity contribution < 1.29 is 9.66 Å². The maximum absolute atomic E-state index is 11.1. The molecule has 0 aromatic heterocycles. The van der Waals surface area contributed by atoms with Gasteiger partial charge in [-0.15, -0.1) is 0 Å². The fourth-order valence-corrected chi connectivity index (χ4v) is 2.93. The number of methoxy groups -OCH3 is 1. The highest BCUT2D eigenvalue weighted by atomic mass is 16.6. The first kappa shape index (κ1) is 17.0. The van der Waals surface area contributed by atoms with Gasteiger partial charge in [-0.25, -0.2) is 0 Å². The first-order valence-corrected chi connectivity index (χ1v) is 7.47. The summed E-state index contributed by atoms with van der Waals surface area (Å²) in [4.78, 5) is 12.8. The Hall–Kier alpha value is -2.40. The van der Waals surface area contributed by atoms with E-state index in [4.69, 9.17) is 4.74 Å². The molecule has 122 valence electrons. The maximum atomic E-state index is 11.1. The molecule has 0 heterocycles. The van der Waals surface area contributed by atoms with E-state index in [-0.39, 0.29) is 10.6 Å². The van der Waals surface area contributed by atoms with Crippen LogP contribution in [0.4, 0.5) is 5.69 Å². The molecule has 0 aliphatic carbocycles. The average molecular weight is 314 g/mol. The maximum Gasteiger partial charge on any atom is 0.273 e. The number of nitro groups is 1. The minimum atomic E-state index is -0.329. The van der Waals surface area contributed by atoms with Gasteiger partial charge in [0.25, 0.3) is 5.69 Å². The summed E-state index contributed by atoms with van der Waals surface area (Å²) in [5, 5.41) is 11.1. The molecule has 0 N–H and O–H groups in total. The molecular weight excluding hydrogens is 292 g/mol. The molecule has 0 spiro atoms. The Morgan fingerprint density at radius 1 is 1.13 bits per heavy atom. The number of ether oxygens (including phenoxy) is 1. The van der Waals surface area contributed by atoms with E-state index in [0.717, 1.165) is 29.0 Å². The normalized spacial score (nSPS) is 10.8. The molecule has 0 atom stereocenters. The van der Waals surface area contributed by atoms with Crippen LogP contribution in [0.3, 0.4) is 0 Å². The number of hydrogen-bond acceptors (Lipinski definition) is 4. The molecule has 0 saturated heterocycles. The summed E-state index contributed by atoms with van der Waals surface area (Å²) >= 11 is 0. The van der Waals surface area contributed by atoms with Gasteiger partial charge in [-0.05, 0) is 37.6 Å². The average Bonchev–Trinajstić information content (AvgIpc) is 2.47. The second-order valence-corrected chi connectivity index (χ2v) is 5.82. The lowest BCUT2D eigenvalue weighted by Crippen LogP contribution is -2.18. The number of nitrogens with zero attached hydrogens (tertiary/aromatic N) is 2. The van der Waals surface area contributed by atoms with Gasteiger partial charge < -0.3 is 4.74 Å². The third kappa shape index (κ3) is 4.07. The van der Waals surface area contributed by atoms with Crippen LogP contribution >= 0.6 is 0 Å². The third-order valence-corrected chi connectivity index (χ3v) is 3.81. The Balaban J connectivity index is 2.14. The minimum absolute atomic E-state index is 0.168. The Bertz CT molecular complexity index is 690. The van der Waals surface area contributed by atoms with Gasteiger partial charge in [0.05, 0.1) is 12.0 Å². The van der Waals surface area contributed by atoms with Crippen LogP contribution in [0.1, 0.15) is 22.3 Å². The molecule has 0 aliphatic rings. The summed E-state index contributed by atoms with van der Waals surface area (Å²) in [7, 11) is 3.64. The lowest BCUT2D eigenvalue weighted by atomic mass is 10.0. The third-order valence-electron chi connectivity index (χ3n) is 3.81. The summed E-state index contributed by atoms with van der Waals surface area (Å²) in [6.07, 6.45) is 0. The Morgan fingerprint density at radius 2 is 1.74 bits per heavy atom. The van der Waals surface area contributed by atoms with Gasteiger partial charge in [-0.1, -0.05) is 30.3 Å². The van der Waals surface area contributed by atoms with Crippen LogP contribution in [0.5, 0.6) is 5.75 Å². The van der Waals surface area contributed by atoms with Crippen molar-refractivity contribution in [1.29, 1.82) is 0 Å². The van der Waals surface area contributed by atoms with Crippen molar-refractivity contribution in [2.45, 2.75) is 26.9 Å². The zero-order chi connectivity index (χ0) is 17.0. The van der Waals surface area contributed by atoms with E-state index in [2.05, 4.69) is 17.0 Å². The summed E-state index contributed by atoms with van der Waals surface area (Å²) in [5.41, 5.74) is 4.26. The van der Waals surface area contributed by atoms with Crippen LogP contribution in [0.2, 0.25) is 0 Å². The minimum Gasteiger partial charge on any atom is -0.496 e. The van der Waals surface area contributed by atoms with Crippen molar-refractivity contribution in [3.05, 3.63) is 68.8 Å². The van der Waals surface area contributed by atoms with Gasteiger partial charge in [-0.2, -0.15) is 0 Å². The Morgan fingerprint density at radius 3 is 2.30 bits per heavy atom. The van der Waals surface area contributed by atoms with E-state index in [9.17, 15) is 10.1 Å². The molecule has 0 unspecified atom stereocenters. The summed E-state index contributed by atoms with van der Waals surface area (Å²) < 4.78 is 5.38. The first-order chi connectivity index (χ1) is 10.9. The van der Waals surface area contributed by atoms with Crippen molar-refractivity contribution in [1.82, 2.24) is 4.90 Å². The first-order valence-electron chi connectivity index (χ1n) is 7.47. The van der Waals surface area contributed by atoms with Crippen molar-refractivity contribution >= 4 is 5.69 Å². The topological polar surface area (TPSA) is 55.6 Å². The monoisotopic (exact) mass is 314 g/mol. The molecule has 5 nitrogen and oxygen atoms in total. The lowest BCUT2D eigenvalue weighted by molar-refractivity contribution is -0.385. The number of nitro benzene ring substituents is 1. The number of rotatable bonds is 6. The highest BCUT2D eigenvalue weighted by Crippen LogP contribution is 2.25. The fraction of sp³-hybridized carbons (Fsp3) is 0.333. The predicted molar refractivity (Wildman–Crippen MR) is 90.7 cm³/mol. The van der Waals surface area contributed by atoms with Gasteiger partial charge in [-0.3, -0.25) is 15.0 Å². The standard InChI is InChI=1S/C18H22N2O3/c1-13-9-15(10-14(2)18(13)23-4)11-19(3)12-16-7-5-6-8-17(16)20(21)22/h5-10H,11-12H2,1-4H3. The molecule has 2 rings (SSSR count). The quantitative estimate of drug-likeness (QED) is 0.600. The molecule has 2 aromatic carbocycles. The zero-order valence-electron chi connectivity index (χ0n) is 14.0. The van der Waals surface area contributed by atoms with E-state index >= 15 is 0 Å². The second kappa shape index (κ2) is 7.24. The molecular formula is C18H22N2O3. The van der Waals surface area contributed by atoms with Crippen molar-refractivity contribution in [2.75, 3.05) is 14.2 Å². The smallest absolute Gasteiger partial charge is 0.273 e. The van der Waals surface area contributed by atoms with Crippen molar-refractivity contribution in [3.63, 3.8) is 0 Å². The highest BCUT2D eigenvalue weighted by Gasteiger charge is 2.14. The Kier molecular flexibility index (Phi) is 5.34. The van der Waals surface area contributed by atoms with E-state index in [1.807, 2.05) is 27.0 Å². The molecule has 23 heavy (non-hydrogen) atoms. The van der Waals surface area contributed by atoms with Gasteiger partial charge in [0.15, 0.2) is 0 Å². The van der Waals surface area contributed by atoms with E-state index in [1.165, 1.54) is 5.56 Å². The van der Waals surface area contributed by atoms with Crippen molar-refractivity contribution in [3.8, 4) is 5.75 Å². The van der Waals surface area contributed by atoms with Crippen LogP contribution in [0.25, 0.3) is 0 Å². The van der Waals surface area contributed by atoms with Crippen LogP contribution in [-0.2, 0) is 13.1 Å². The summed E-state index contributed by atoms with van der Waals surface area (Å²) in [6, 6.07) is 11.1. The summed E-state index contributed by atoms with van der Waals surface area (Å²) in [5.74, 6) is 0.912. The van der Waals surface area contributed by atoms with Crippen LogP contribution in [0, 0.1) is 24.0 Å². The molecule has 0 aliphatic heterocycles. The number of para-hydroxylation sites is 1. The lowest BCUT2D eigenvalue weighted by Gasteiger charge is -2.18. The number of hydrogen-bond donors (Lipinski definition) is 0.